The average Bonchev–Trinajstić information content (AvgIpc) is 2.40. The van der Waals surface area contributed by atoms with Crippen LogP contribution in [0, 0.1) is 5.82 Å². The molecule has 0 unspecified atom stereocenters. The van der Waals surface area contributed by atoms with E-state index in [0.29, 0.717) is 6.54 Å². The molecule has 0 aliphatic carbocycles. The number of carbonyl (C=O) groups is 1. The fourth-order valence-corrected chi connectivity index (χ4v) is 1.88. The van der Waals surface area contributed by atoms with Crippen molar-refractivity contribution >= 4 is 11.6 Å². The molecule has 104 valence electrons. The fraction of sp³-hybridized carbons (Fsp3) is 0.133. The zero-order valence-electron chi connectivity index (χ0n) is 11.0. The summed E-state index contributed by atoms with van der Waals surface area (Å²) in [5, 5.41) is 9.21. The van der Waals surface area contributed by atoms with Crippen LogP contribution < -0.4 is 5.73 Å². The lowest BCUT2D eigenvalue weighted by atomic mass is 10.1. The second-order valence-electron chi connectivity index (χ2n) is 4.56. The average molecular weight is 274 g/mol. The molecule has 2 rings (SSSR count). The van der Waals surface area contributed by atoms with Gasteiger partial charge in [-0.05, 0) is 35.9 Å². The monoisotopic (exact) mass is 274 g/mol. The Hall–Kier alpha value is -2.56. The van der Waals surface area contributed by atoms with Crippen molar-refractivity contribution in [3.63, 3.8) is 0 Å². The first-order chi connectivity index (χ1) is 9.47. The number of aromatic hydroxyl groups is 1. The van der Waals surface area contributed by atoms with Gasteiger partial charge in [0.1, 0.15) is 11.6 Å². The van der Waals surface area contributed by atoms with E-state index in [2.05, 4.69) is 0 Å². The van der Waals surface area contributed by atoms with E-state index in [-0.39, 0.29) is 22.9 Å². The van der Waals surface area contributed by atoms with E-state index in [1.54, 1.807) is 31.3 Å². The number of phenolic OH excluding ortho intramolecular Hbond substituents is 1. The quantitative estimate of drug-likeness (QED) is 0.844. The molecule has 0 saturated carbocycles. The van der Waals surface area contributed by atoms with E-state index in [1.807, 2.05) is 0 Å². The minimum absolute atomic E-state index is 0.118. The van der Waals surface area contributed by atoms with Gasteiger partial charge >= 0.3 is 0 Å². The molecule has 5 heteroatoms. The van der Waals surface area contributed by atoms with Crippen LogP contribution in [0.1, 0.15) is 15.9 Å². The van der Waals surface area contributed by atoms with Crippen molar-refractivity contribution in [1.29, 1.82) is 0 Å². The summed E-state index contributed by atoms with van der Waals surface area (Å²) in [6, 6.07) is 10.3. The number of hydrogen-bond acceptors (Lipinski definition) is 3. The molecule has 4 nitrogen and oxygen atoms in total. The number of halogens is 1. The number of carbonyl (C=O) groups excluding carboxylic acids is 1. The molecule has 0 bridgehead atoms. The number of amides is 1. The Balaban J connectivity index is 2.14. The Morgan fingerprint density at radius 1 is 1.25 bits per heavy atom. The maximum absolute atomic E-state index is 13.0. The Kier molecular flexibility index (Phi) is 3.89. The van der Waals surface area contributed by atoms with Gasteiger partial charge in [0, 0.05) is 19.3 Å². The molecule has 3 N–H and O–H groups in total. The van der Waals surface area contributed by atoms with Gasteiger partial charge in [-0.3, -0.25) is 4.79 Å². The molecule has 0 spiro atoms. The van der Waals surface area contributed by atoms with Crippen molar-refractivity contribution in [1.82, 2.24) is 4.90 Å². The number of nitrogens with zero attached hydrogens (tertiary/aromatic N) is 1. The van der Waals surface area contributed by atoms with E-state index in [1.165, 1.54) is 17.0 Å². The third kappa shape index (κ3) is 3.06. The first-order valence-corrected chi connectivity index (χ1v) is 6.06. The van der Waals surface area contributed by atoms with Crippen molar-refractivity contribution in [2.45, 2.75) is 6.54 Å². The Morgan fingerprint density at radius 2 is 1.90 bits per heavy atom. The van der Waals surface area contributed by atoms with Crippen molar-refractivity contribution in [3.8, 4) is 5.75 Å². The molecule has 20 heavy (non-hydrogen) atoms. The topological polar surface area (TPSA) is 66.6 Å². The zero-order chi connectivity index (χ0) is 14.7. The Bertz CT molecular complexity index is 626. The SMILES string of the molecule is CN(Cc1ccc(O)cc1)C(=O)c1ccc(F)cc1N. The molecule has 1 amide bonds. The molecule has 2 aromatic carbocycles. The molecule has 0 heterocycles. The fourth-order valence-electron chi connectivity index (χ4n) is 1.88. The summed E-state index contributed by atoms with van der Waals surface area (Å²) < 4.78 is 13.0. The minimum Gasteiger partial charge on any atom is -0.508 e. The van der Waals surface area contributed by atoms with Gasteiger partial charge in [0.15, 0.2) is 0 Å². The Labute approximate surface area is 116 Å². The summed E-state index contributed by atoms with van der Waals surface area (Å²) in [6.07, 6.45) is 0. The van der Waals surface area contributed by atoms with Crippen LogP contribution in [-0.4, -0.2) is 23.0 Å². The summed E-state index contributed by atoms with van der Waals surface area (Å²) in [5.74, 6) is -0.582. The molecule has 2 aromatic rings. The van der Waals surface area contributed by atoms with Crippen LogP contribution in [0.15, 0.2) is 42.5 Å². The summed E-state index contributed by atoms with van der Waals surface area (Å²) in [6.45, 7) is 0.371. The first-order valence-electron chi connectivity index (χ1n) is 6.06. The highest BCUT2D eigenvalue weighted by atomic mass is 19.1. The van der Waals surface area contributed by atoms with Crippen molar-refractivity contribution in [2.24, 2.45) is 0 Å². The van der Waals surface area contributed by atoms with Gasteiger partial charge in [-0.15, -0.1) is 0 Å². The van der Waals surface area contributed by atoms with Crippen LogP contribution in [0.4, 0.5) is 10.1 Å². The maximum Gasteiger partial charge on any atom is 0.255 e. The van der Waals surface area contributed by atoms with E-state index in [9.17, 15) is 14.3 Å². The normalized spacial score (nSPS) is 10.3. The zero-order valence-corrected chi connectivity index (χ0v) is 11.0. The summed E-state index contributed by atoms with van der Waals surface area (Å²) in [5.41, 5.74) is 6.92. The number of benzene rings is 2. The van der Waals surface area contributed by atoms with E-state index < -0.39 is 5.82 Å². The molecule has 0 fully saturated rings. The number of phenols is 1. The molecular formula is C15H15FN2O2. The van der Waals surface area contributed by atoms with Crippen LogP contribution in [-0.2, 0) is 6.54 Å². The number of nitrogens with two attached hydrogens (primary N) is 1. The third-order valence-corrected chi connectivity index (χ3v) is 2.95. The van der Waals surface area contributed by atoms with Gasteiger partial charge in [-0.25, -0.2) is 4.39 Å². The second kappa shape index (κ2) is 5.61. The predicted octanol–water partition coefficient (Wildman–Crippen LogP) is 2.39. The van der Waals surface area contributed by atoms with E-state index in [4.69, 9.17) is 5.73 Å². The van der Waals surface area contributed by atoms with Crippen LogP contribution >= 0.6 is 0 Å². The van der Waals surface area contributed by atoms with Gasteiger partial charge in [0.05, 0.1) is 5.56 Å². The number of nitrogen functional groups attached to an aromatic ring is 1. The van der Waals surface area contributed by atoms with Crippen LogP contribution in [0.25, 0.3) is 0 Å². The van der Waals surface area contributed by atoms with Crippen LogP contribution in [0.3, 0.4) is 0 Å². The van der Waals surface area contributed by atoms with Gasteiger partial charge in [-0.2, -0.15) is 0 Å². The molecule has 0 aliphatic rings. The third-order valence-electron chi connectivity index (χ3n) is 2.95. The first kappa shape index (κ1) is 13.9. The lowest BCUT2D eigenvalue weighted by Crippen LogP contribution is -2.27. The van der Waals surface area contributed by atoms with Crippen molar-refractivity contribution < 1.29 is 14.3 Å². The number of rotatable bonds is 3. The highest BCUT2D eigenvalue weighted by molar-refractivity contribution is 5.98. The van der Waals surface area contributed by atoms with Gasteiger partial charge in [0.2, 0.25) is 0 Å². The molecule has 0 radical (unpaired) electrons. The summed E-state index contributed by atoms with van der Waals surface area (Å²) >= 11 is 0. The lowest BCUT2D eigenvalue weighted by molar-refractivity contribution is 0.0786. The van der Waals surface area contributed by atoms with E-state index in [0.717, 1.165) is 11.6 Å². The largest absolute Gasteiger partial charge is 0.508 e. The van der Waals surface area contributed by atoms with Crippen LogP contribution in [0.2, 0.25) is 0 Å². The summed E-state index contributed by atoms with van der Waals surface area (Å²) in [7, 11) is 1.64. The standard InChI is InChI=1S/C15H15FN2O2/c1-18(9-10-2-5-12(19)6-3-10)15(20)13-7-4-11(16)8-14(13)17/h2-8,19H,9,17H2,1H3. The van der Waals surface area contributed by atoms with Crippen molar-refractivity contribution in [3.05, 3.63) is 59.4 Å². The number of anilines is 1. The highest BCUT2D eigenvalue weighted by Gasteiger charge is 2.15. The lowest BCUT2D eigenvalue weighted by Gasteiger charge is -2.18. The molecule has 0 atom stereocenters. The second-order valence-corrected chi connectivity index (χ2v) is 4.56. The molecule has 0 saturated heterocycles. The number of hydrogen-bond donors (Lipinski definition) is 2. The van der Waals surface area contributed by atoms with Crippen molar-refractivity contribution in [2.75, 3.05) is 12.8 Å². The van der Waals surface area contributed by atoms with Gasteiger partial charge < -0.3 is 15.7 Å². The van der Waals surface area contributed by atoms with Gasteiger partial charge in [-0.1, -0.05) is 12.1 Å². The summed E-state index contributed by atoms with van der Waals surface area (Å²) in [4.78, 5) is 13.7. The predicted molar refractivity (Wildman–Crippen MR) is 74.7 cm³/mol. The smallest absolute Gasteiger partial charge is 0.255 e. The molecule has 0 aliphatic heterocycles. The molecular weight excluding hydrogens is 259 g/mol. The highest BCUT2D eigenvalue weighted by Crippen LogP contribution is 2.17. The molecule has 0 aromatic heterocycles. The van der Waals surface area contributed by atoms with Gasteiger partial charge in [0.25, 0.3) is 5.91 Å². The minimum atomic E-state index is -0.472. The maximum atomic E-state index is 13.0. The Morgan fingerprint density at radius 3 is 2.50 bits per heavy atom. The van der Waals surface area contributed by atoms with E-state index >= 15 is 0 Å². The van der Waals surface area contributed by atoms with Crippen LogP contribution in [0.5, 0.6) is 5.75 Å².